The van der Waals surface area contributed by atoms with Gasteiger partial charge in [-0.3, -0.25) is 4.72 Å². The lowest BCUT2D eigenvalue weighted by Crippen LogP contribution is -2.29. The van der Waals surface area contributed by atoms with Crippen LogP contribution in [0.3, 0.4) is 0 Å². The lowest BCUT2D eigenvalue weighted by molar-refractivity contribution is 0.374. The zero-order chi connectivity index (χ0) is 25.4. The second-order valence-electron chi connectivity index (χ2n) is 9.71. The molecule has 7 heteroatoms. The van der Waals surface area contributed by atoms with Gasteiger partial charge in [0.05, 0.1) is 25.2 Å². The Labute approximate surface area is 213 Å². The summed E-state index contributed by atoms with van der Waals surface area (Å²) in [5, 5.41) is 3.67. The molecule has 0 spiro atoms. The van der Waals surface area contributed by atoms with Gasteiger partial charge in [0.25, 0.3) is 10.0 Å². The summed E-state index contributed by atoms with van der Waals surface area (Å²) in [5.41, 5.74) is 4.67. The number of allylic oxidation sites excluding steroid dienone is 2. The van der Waals surface area contributed by atoms with Crippen molar-refractivity contribution in [2.75, 3.05) is 24.3 Å². The van der Waals surface area contributed by atoms with Gasteiger partial charge >= 0.3 is 0 Å². The maximum Gasteiger partial charge on any atom is 0.261 e. The summed E-state index contributed by atoms with van der Waals surface area (Å²) in [6.07, 6.45) is 5.26. The summed E-state index contributed by atoms with van der Waals surface area (Å²) in [6.45, 7) is 4.22. The Kier molecular flexibility index (Phi) is 6.43. The summed E-state index contributed by atoms with van der Waals surface area (Å²) in [5.74, 6) is 2.29. The Bertz CT molecular complexity index is 1400. The molecule has 0 amide bonds. The van der Waals surface area contributed by atoms with Crippen LogP contribution in [0.1, 0.15) is 54.8 Å². The summed E-state index contributed by atoms with van der Waals surface area (Å²) in [7, 11) is -0.402. The van der Waals surface area contributed by atoms with E-state index in [0.717, 1.165) is 34.7 Å². The van der Waals surface area contributed by atoms with Crippen LogP contribution in [0, 0.1) is 5.92 Å². The molecule has 3 aromatic carbocycles. The summed E-state index contributed by atoms with van der Waals surface area (Å²) in [6, 6.07) is 18.7. The molecule has 0 fully saturated rings. The van der Waals surface area contributed by atoms with Crippen molar-refractivity contribution in [1.82, 2.24) is 0 Å². The fraction of sp³-hybridized carbons (Fsp3) is 0.310. The Balaban J connectivity index is 1.47. The molecular formula is C29H32N2O4S. The first-order chi connectivity index (χ1) is 17.3. The van der Waals surface area contributed by atoms with Gasteiger partial charge in [-0.25, -0.2) is 8.42 Å². The van der Waals surface area contributed by atoms with Crippen LogP contribution in [0.4, 0.5) is 11.4 Å². The highest BCUT2D eigenvalue weighted by Crippen LogP contribution is 2.52. The molecule has 0 unspecified atom stereocenters. The maximum atomic E-state index is 13.3. The van der Waals surface area contributed by atoms with E-state index in [1.807, 2.05) is 48.5 Å². The molecule has 0 bridgehead atoms. The third-order valence-electron chi connectivity index (χ3n) is 7.25. The molecule has 188 valence electrons. The zero-order valence-electron chi connectivity index (χ0n) is 21.0. The fourth-order valence-corrected chi connectivity index (χ4v) is 6.37. The molecule has 5 rings (SSSR count). The molecule has 1 heterocycles. The van der Waals surface area contributed by atoms with Crippen molar-refractivity contribution in [2.24, 2.45) is 5.92 Å². The molecule has 0 aromatic heterocycles. The molecule has 0 radical (unpaired) electrons. The van der Waals surface area contributed by atoms with Gasteiger partial charge in [-0.05, 0) is 77.9 Å². The molecule has 0 saturated heterocycles. The van der Waals surface area contributed by atoms with Crippen LogP contribution in [0.5, 0.6) is 11.5 Å². The van der Waals surface area contributed by atoms with Crippen LogP contribution in [-0.4, -0.2) is 22.6 Å². The van der Waals surface area contributed by atoms with E-state index < -0.39 is 10.0 Å². The summed E-state index contributed by atoms with van der Waals surface area (Å²) < 4.78 is 40.4. The molecular weight excluding hydrogens is 472 g/mol. The van der Waals surface area contributed by atoms with Crippen LogP contribution in [-0.2, 0) is 10.0 Å². The number of benzene rings is 3. The van der Waals surface area contributed by atoms with Gasteiger partial charge in [-0.15, -0.1) is 0 Å². The summed E-state index contributed by atoms with van der Waals surface area (Å²) in [4.78, 5) is 0.257. The molecule has 1 aliphatic carbocycles. The van der Waals surface area contributed by atoms with Crippen LogP contribution in [0.15, 0.2) is 77.7 Å². The molecule has 2 aliphatic rings. The minimum Gasteiger partial charge on any atom is -0.497 e. The van der Waals surface area contributed by atoms with E-state index in [9.17, 15) is 8.42 Å². The third kappa shape index (κ3) is 4.44. The van der Waals surface area contributed by atoms with Crippen molar-refractivity contribution >= 4 is 21.4 Å². The van der Waals surface area contributed by atoms with Crippen molar-refractivity contribution in [1.29, 1.82) is 0 Å². The van der Waals surface area contributed by atoms with Crippen molar-refractivity contribution in [3.05, 3.63) is 89.5 Å². The number of sulfonamides is 1. The van der Waals surface area contributed by atoms with E-state index in [0.29, 0.717) is 11.6 Å². The normalized spacial score (nSPS) is 20.4. The molecule has 6 nitrogen and oxygen atoms in total. The maximum absolute atomic E-state index is 13.3. The number of ether oxygens (including phenoxy) is 2. The Morgan fingerprint density at radius 1 is 0.944 bits per heavy atom. The second kappa shape index (κ2) is 9.54. The number of anilines is 2. The van der Waals surface area contributed by atoms with E-state index in [-0.39, 0.29) is 22.8 Å². The minimum absolute atomic E-state index is 0.00241. The van der Waals surface area contributed by atoms with E-state index >= 15 is 0 Å². The lowest BCUT2D eigenvalue weighted by atomic mass is 9.77. The third-order valence-corrected chi connectivity index (χ3v) is 8.63. The smallest absolute Gasteiger partial charge is 0.261 e. The largest absolute Gasteiger partial charge is 0.497 e. The fourth-order valence-electron chi connectivity index (χ4n) is 5.28. The van der Waals surface area contributed by atoms with Crippen LogP contribution < -0.4 is 19.5 Å². The molecule has 1 aliphatic heterocycles. The number of hydrogen-bond acceptors (Lipinski definition) is 5. The Hall–Kier alpha value is -3.45. The number of hydrogen-bond donors (Lipinski definition) is 2. The van der Waals surface area contributed by atoms with Gasteiger partial charge < -0.3 is 14.8 Å². The molecule has 3 atom stereocenters. The molecule has 2 N–H and O–H groups in total. The van der Waals surface area contributed by atoms with Gasteiger partial charge in [0.2, 0.25) is 0 Å². The molecule has 3 aromatic rings. The zero-order valence-corrected chi connectivity index (χ0v) is 21.8. The average molecular weight is 505 g/mol. The quantitative estimate of drug-likeness (QED) is 0.362. The highest BCUT2D eigenvalue weighted by Gasteiger charge is 2.39. The second-order valence-corrected chi connectivity index (χ2v) is 11.4. The number of methoxy groups -OCH3 is 2. The predicted molar refractivity (Wildman–Crippen MR) is 144 cm³/mol. The average Bonchev–Trinajstić information content (AvgIpc) is 3.38. The SMILES string of the molecule is COc1ccc(OC)c([C@H]2Nc3ccc(S(=O)(=O)Nc4ccc(C(C)C)cc4)cc3[C@H]3C=CC[C@H]32)c1. The molecule has 0 saturated carbocycles. The first-order valence-corrected chi connectivity index (χ1v) is 13.7. The van der Waals surface area contributed by atoms with Crippen molar-refractivity contribution < 1.29 is 17.9 Å². The monoisotopic (exact) mass is 504 g/mol. The lowest BCUT2D eigenvalue weighted by Gasteiger charge is -2.38. The Morgan fingerprint density at radius 2 is 1.72 bits per heavy atom. The van der Waals surface area contributed by atoms with Crippen LogP contribution >= 0.6 is 0 Å². The molecule has 36 heavy (non-hydrogen) atoms. The van der Waals surface area contributed by atoms with Gasteiger partial charge in [-0.1, -0.05) is 38.1 Å². The highest BCUT2D eigenvalue weighted by atomic mass is 32.2. The topological polar surface area (TPSA) is 76.7 Å². The number of rotatable bonds is 7. The van der Waals surface area contributed by atoms with E-state index in [1.165, 1.54) is 5.56 Å². The van der Waals surface area contributed by atoms with Gasteiger partial charge in [0, 0.05) is 22.9 Å². The van der Waals surface area contributed by atoms with Gasteiger partial charge in [-0.2, -0.15) is 0 Å². The number of nitrogens with one attached hydrogen (secondary N) is 2. The van der Waals surface area contributed by atoms with Crippen molar-refractivity contribution in [3.8, 4) is 11.5 Å². The van der Waals surface area contributed by atoms with E-state index in [2.05, 4.69) is 36.0 Å². The Morgan fingerprint density at radius 3 is 2.42 bits per heavy atom. The number of fused-ring (bicyclic) bond motifs is 3. The van der Waals surface area contributed by atoms with E-state index in [4.69, 9.17) is 9.47 Å². The predicted octanol–water partition coefficient (Wildman–Crippen LogP) is 6.45. The van der Waals surface area contributed by atoms with Crippen molar-refractivity contribution in [3.63, 3.8) is 0 Å². The standard InChI is InChI=1S/C29H32N2O4S/c1-18(2)19-8-10-20(11-9-19)31-36(32,33)22-13-14-27-25(17-22)23-6-5-7-24(23)29(30-27)26-16-21(34-3)12-15-28(26)35-4/h5-6,8-18,23-24,29-31H,7H2,1-4H3/t23-,24+,29-/m0/s1. The van der Waals surface area contributed by atoms with E-state index in [1.54, 1.807) is 26.4 Å². The first kappa shape index (κ1) is 24.3. The summed E-state index contributed by atoms with van der Waals surface area (Å²) >= 11 is 0. The van der Waals surface area contributed by atoms with Crippen molar-refractivity contribution in [2.45, 2.75) is 43.0 Å². The minimum atomic E-state index is -3.73. The van der Waals surface area contributed by atoms with Crippen LogP contribution in [0.2, 0.25) is 0 Å². The van der Waals surface area contributed by atoms with Crippen LogP contribution in [0.25, 0.3) is 0 Å². The highest BCUT2D eigenvalue weighted by molar-refractivity contribution is 7.92. The first-order valence-electron chi connectivity index (χ1n) is 12.2. The van der Waals surface area contributed by atoms with Gasteiger partial charge in [0.15, 0.2) is 0 Å². The van der Waals surface area contributed by atoms with Gasteiger partial charge in [0.1, 0.15) is 11.5 Å².